The maximum absolute atomic E-state index is 12.2. The van der Waals surface area contributed by atoms with Gasteiger partial charge in [-0.2, -0.15) is 0 Å². The van der Waals surface area contributed by atoms with Crippen LogP contribution in [0.5, 0.6) is 0 Å². The summed E-state index contributed by atoms with van der Waals surface area (Å²) in [7, 11) is 0. The van der Waals surface area contributed by atoms with Crippen LogP contribution in [-0.4, -0.2) is 35.1 Å². The minimum Gasteiger partial charge on any atom is -0.481 e. The van der Waals surface area contributed by atoms with Gasteiger partial charge in [0.2, 0.25) is 0 Å². The van der Waals surface area contributed by atoms with Crippen LogP contribution in [0.4, 0.5) is 5.82 Å². The highest BCUT2D eigenvalue weighted by Gasteiger charge is 2.17. The molecule has 0 fully saturated rings. The fourth-order valence-electron chi connectivity index (χ4n) is 1.90. The van der Waals surface area contributed by atoms with E-state index in [0.717, 1.165) is 0 Å². The molecule has 1 aromatic carbocycles. The first-order valence-corrected chi connectivity index (χ1v) is 6.54. The van der Waals surface area contributed by atoms with E-state index >= 15 is 0 Å². The highest BCUT2D eigenvalue weighted by molar-refractivity contribution is 5.99. The van der Waals surface area contributed by atoms with Gasteiger partial charge in [0.15, 0.2) is 11.6 Å². The molecule has 0 unspecified atom stereocenters. The molecule has 0 aliphatic rings. The second kappa shape index (κ2) is 6.69. The Bertz CT molecular complexity index is 622. The fraction of sp³-hybridized carbons (Fsp3) is 0.267. The molecule has 2 rings (SSSR count). The monoisotopic (exact) mass is 288 g/mol. The first-order valence-electron chi connectivity index (χ1n) is 6.54. The zero-order valence-electron chi connectivity index (χ0n) is 11.7. The molecule has 0 saturated carbocycles. The Hall–Kier alpha value is -2.63. The van der Waals surface area contributed by atoms with Gasteiger partial charge in [0.05, 0.1) is 13.0 Å². The van der Waals surface area contributed by atoms with Crippen LogP contribution in [0.2, 0.25) is 0 Å². The molecule has 0 bridgehead atoms. The van der Waals surface area contributed by atoms with Crippen LogP contribution in [0.15, 0.2) is 40.9 Å². The third-order valence-electron chi connectivity index (χ3n) is 2.97. The normalized spacial score (nSPS) is 10.3. The van der Waals surface area contributed by atoms with Crippen molar-refractivity contribution in [2.24, 2.45) is 0 Å². The van der Waals surface area contributed by atoms with Crippen molar-refractivity contribution < 1.29 is 19.2 Å². The molecule has 0 saturated heterocycles. The molecular weight excluding hydrogens is 272 g/mol. The van der Waals surface area contributed by atoms with Gasteiger partial charge in [-0.05, 0) is 6.92 Å². The van der Waals surface area contributed by atoms with Crippen molar-refractivity contribution in [2.45, 2.75) is 13.3 Å². The molecule has 2 aromatic rings. The third kappa shape index (κ3) is 4.17. The Balaban J connectivity index is 2.12. The molecule has 1 heterocycles. The summed E-state index contributed by atoms with van der Waals surface area (Å²) in [5, 5.41) is 12.7. The number of aliphatic carboxylic acids is 1. The van der Waals surface area contributed by atoms with Crippen molar-refractivity contribution in [3.63, 3.8) is 0 Å². The summed E-state index contributed by atoms with van der Waals surface area (Å²) in [6.45, 7) is 1.99. The number of carbonyl (C=O) groups is 2. The molecule has 6 nitrogen and oxygen atoms in total. The van der Waals surface area contributed by atoms with Crippen LogP contribution in [0.25, 0.3) is 0 Å². The lowest BCUT2D eigenvalue weighted by Gasteiger charge is -2.19. The standard InChI is InChI=1S/C15H16N2O4/c1-11-9-14(16-21-11)17(8-7-15(19)20)10-13(18)12-5-3-2-4-6-12/h2-6,9H,7-8,10H2,1H3,(H,19,20). The molecule has 0 aliphatic carbocycles. The summed E-state index contributed by atoms with van der Waals surface area (Å²) < 4.78 is 4.99. The molecule has 6 heteroatoms. The van der Waals surface area contributed by atoms with Crippen LogP contribution in [-0.2, 0) is 4.79 Å². The summed E-state index contributed by atoms with van der Waals surface area (Å²) in [5.41, 5.74) is 0.582. The summed E-state index contributed by atoms with van der Waals surface area (Å²) in [4.78, 5) is 24.6. The van der Waals surface area contributed by atoms with Gasteiger partial charge in [-0.1, -0.05) is 35.5 Å². The molecule has 110 valence electrons. The van der Waals surface area contributed by atoms with E-state index in [2.05, 4.69) is 5.16 Å². The summed E-state index contributed by atoms with van der Waals surface area (Å²) in [5.74, 6) is 0.0598. The van der Waals surface area contributed by atoms with Gasteiger partial charge < -0.3 is 14.5 Å². The first kappa shape index (κ1) is 14.8. The van der Waals surface area contributed by atoms with Crippen molar-refractivity contribution in [1.82, 2.24) is 5.16 Å². The van der Waals surface area contributed by atoms with E-state index in [-0.39, 0.29) is 25.3 Å². The maximum atomic E-state index is 12.2. The molecular formula is C15H16N2O4. The zero-order valence-corrected chi connectivity index (χ0v) is 11.7. The minimum atomic E-state index is -0.924. The largest absolute Gasteiger partial charge is 0.481 e. The highest BCUT2D eigenvalue weighted by Crippen LogP contribution is 2.15. The van der Waals surface area contributed by atoms with Crippen molar-refractivity contribution in [1.29, 1.82) is 0 Å². The SMILES string of the molecule is Cc1cc(N(CCC(=O)O)CC(=O)c2ccccc2)no1. The molecule has 1 aromatic heterocycles. The second-order valence-electron chi connectivity index (χ2n) is 4.65. The quantitative estimate of drug-likeness (QED) is 0.786. The lowest BCUT2D eigenvalue weighted by Crippen LogP contribution is -2.32. The topological polar surface area (TPSA) is 83.6 Å². The van der Waals surface area contributed by atoms with E-state index in [1.165, 1.54) is 0 Å². The zero-order chi connectivity index (χ0) is 15.2. The number of carboxylic acids is 1. The number of nitrogens with zero attached hydrogens (tertiary/aromatic N) is 2. The lowest BCUT2D eigenvalue weighted by molar-refractivity contribution is -0.136. The van der Waals surface area contributed by atoms with Crippen LogP contribution >= 0.6 is 0 Å². The van der Waals surface area contributed by atoms with Crippen LogP contribution in [0.1, 0.15) is 22.5 Å². The average Bonchev–Trinajstić information content (AvgIpc) is 2.90. The Morgan fingerprint density at radius 2 is 2.00 bits per heavy atom. The number of benzene rings is 1. The lowest BCUT2D eigenvalue weighted by atomic mass is 10.1. The van der Waals surface area contributed by atoms with Gasteiger partial charge in [-0.3, -0.25) is 9.59 Å². The molecule has 0 atom stereocenters. The molecule has 0 amide bonds. The van der Waals surface area contributed by atoms with E-state index < -0.39 is 5.97 Å². The van der Waals surface area contributed by atoms with Crippen molar-refractivity contribution in [3.8, 4) is 0 Å². The summed E-state index contributed by atoms with van der Waals surface area (Å²) >= 11 is 0. The Morgan fingerprint density at radius 1 is 1.29 bits per heavy atom. The minimum absolute atomic E-state index is 0.0588. The number of anilines is 1. The van der Waals surface area contributed by atoms with Gasteiger partial charge in [-0.25, -0.2) is 0 Å². The smallest absolute Gasteiger partial charge is 0.305 e. The number of aryl methyl sites for hydroxylation is 1. The number of Topliss-reactive ketones (excluding diaryl/α,β-unsaturated/α-hetero) is 1. The molecule has 1 N–H and O–H groups in total. The molecule has 0 aliphatic heterocycles. The van der Waals surface area contributed by atoms with Gasteiger partial charge in [0.1, 0.15) is 5.76 Å². The average molecular weight is 288 g/mol. The Labute approximate surface area is 122 Å². The van der Waals surface area contributed by atoms with Crippen molar-refractivity contribution in [3.05, 3.63) is 47.7 Å². The summed E-state index contributed by atoms with van der Waals surface area (Å²) in [6, 6.07) is 10.5. The number of aromatic nitrogens is 1. The number of hydrogen-bond donors (Lipinski definition) is 1. The van der Waals surface area contributed by atoms with E-state index in [9.17, 15) is 9.59 Å². The predicted octanol–water partition coefficient (Wildman–Crippen LogP) is 2.15. The van der Waals surface area contributed by atoms with E-state index in [0.29, 0.717) is 17.1 Å². The van der Waals surface area contributed by atoms with Gasteiger partial charge in [-0.15, -0.1) is 0 Å². The maximum Gasteiger partial charge on any atom is 0.305 e. The van der Waals surface area contributed by atoms with Crippen molar-refractivity contribution in [2.75, 3.05) is 18.0 Å². The van der Waals surface area contributed by atoms with E-state index in [1.54, 1.807) is 42.2 Å². The number of ketones is 1. The third-order valence-corrected chi connectivity index (χ3v) is 2.97. The molecule has 0 radical (unpaired) electrons. The number of rotatable bonds is 7. The van der Waals surface area contributed by atoms with Crippen LogP contribution in [0.3, 0.4) is 0 Å². The number of hydrogen-bond acceptors (Lipinski definition) is 5. The van der Waals surface area contributed by atoms with Crippen LogP contribution < -0.4 is 4.90 Å². The predicted molar refractivity (Wildman–Crippen MR) is 76.5 cm³/mol. The van der Waals surface area contributed by atoms with Crippen molar-refractivity contribution >= 4 is 17.6 Å². The molecule has 21 heavy (non-hydrogen) atoms. The van der Waals surface area contributed by atoms with Gasteiger partial charge >= 0.3 is 5.97 Å². The number of carboxylic acid groups (broad SMARTS) is 1. The summed E-state index contributed by atoms with van der Waals surface area (Å²) in [6.07, 6.45) is -0.0754. The van der Waals surface area contributed by atoms with E-state index in [1.807, 2.05) is 6.07 Å². The van der Waals surface area contributed by atoms with Gasteiger partial charge in [0, 0.05) is 18.2 Å². The number of carbonyl (C=O) groups excluding carboxylic acids is 1. The fourth-order valence-corrected chi connectivity index (χ4v) is 1.90. The highest BCUT2D eigenvalue weighted by atomic mass is 16.5. The van der Waals surface area contributed by atoms with E-state index in [4.69, 9.17) is 9.63 Å². The van der Waals surface area contributed by atoms with Gasteiger partial charge in [0.25, 0.3) is 0 Å². The Morgan fingerprint density at radius 3 is 2.57 bits per heavy atom. The first-order chi connectivity index (χ1) is 10.1. The molecule has 0 spiro atoms. The van der Waals surface area contributed by atoms with Crippen LogP contribution in [0, 0.1) is 6.92 Å². The Kier molecular flexibility index (Phi) is 4.71. The second-order valence-corrected chi connectivity index (χ2v) is 4.65.